The van der Waals surface area contributed by atoms with Gasteiger partial charge >= 0.3 is 6.01 Å². The quantitative estimate of drug-likeness (QED) is 0.572. The Morgan fingerprint density at radius 3 is 2.79 bits per heavy atom. The fraction of sp³-hybridized carbons (Fsp3) is 0.421. The van der Waals surface area contributed by atoms with Crippen LogP contribution in [0, 0.1) is 0 Å². The van der Waals surface area contributed by atoms with Gasteiger partial charge in [0.05, 0.1) is 14.8 Å². The molecule has 0 spiro atoms. The second kappa shape index (κ2) is 8.60. The molecular weight excluding hydrogens is 410 g/mol. The second-order valence-electron chi connectivity index (χ2n) is 6.98. The van der Waals surface area contributed by atoms with Crippen LogP contribution in [0.4, 0.5) is 11.7 Å². The first kappa shape index (κ1) is 20.0. The van der Waals surface area contributed by atoms with Gasteiger partial charge in [0, 0.05) is 29.9 Å². The van der Waals surface area contributed by atoms with Crippen LogP contribution in [0.3, 0.4) is 0 Å². The zero-order chi connectivity index (χ0) is 20.3. The summed E-state index contributed by atoms with van der Waals surface area (Å²) < 4.78 is 33.4. The van der Waals surface area contributed by atoms with Gasteiger partial charge in [0.15, 0.2) is 0 Å². The summed E-state index contributed by atoms with van der Waals surface area (Å²) >= 11 is 1.59. The Morgan fingerprint density at radius 1 is 1.24 bits per heavy atom. The highest BCUT2D eigenvalue weighted by Gasteiger charge is 2.23. The fourth-order valence-electron chi connectivity index (χ4n) is 3.60. The van der Waals surface area contributed by atoms with E-state index in [2.05, 4.69) is 25.2 Å². The number of hydrogen-bond acceptors (Lipinski definition) is 8. The largest absolute Gasteiger partial charge is 0.411 e. The van der Waals surface area contributed by atoms with Crippen LogP contribution in [-0.4, -0.2) is 30.1 Å². The molecule has 2 N–H and O–H groups in total. The molecule has 1 fully saturated rings. The van der Waals surface area contributed by atoms with Crippen molar-refractivity contribution in [1.29, 1.82) is 0 Å². The maximum Gasteiger partial charge on any atom is 0.319 e. The molecular formula is C19H23N5O3S2. The normalized spacial score (nSPS) is 15.5. The van der Waals surface area contributed by atoms with Crippen molar-refractivity contribution in [2.45, 2.75) is 49.8 Å². The molecule has 0 unspecified atom stereocenters. The third-order valence-corrected chi connectivity index (χ3v) is 7.74. The highest BCUT2D eigenvalue weighted by atomic mass is 32.2. The molecule has 0 atom stereocenters. The van der Waals surface area contributed by atoms with Crippen molar-refractivity contribution < 1.29 is 12.8 Å². The van der Waals surface area contributed by atoms with Crippen molar-refractivity contribution in [3.8, 4) is 10.4 Å². The number of thiazole rings is 1. The van der Waals surface area contributed by atoms with E-state index in [0.29, 0.717) is 23.7 Å². The smallest absolute Gasteiger partial charge is 0.319 e. The van der Waals surface area contributed by atoms with E-state index < -0.39 is 10.0 Å². The van der Waals surface area contributed by atoms with Crippen LogP contribution in [0.1, 0.15) is 50.0 Å². The number of sulfonamides is 1. The minimum absolute atomic E-state index is 0.196. The lowest BCUT2D eigenvalue weighted by Crippen LogP contribution is -2.23. The van der Waals surface area contributed by atoms with Crippen LogP contribution in [-0.2, 0) is 10.0 Å². The van der Waals surface area contributed by atoms with Crippen molar-refractivity contribution in [1.82, 2.24) is 19.9 Å². The fourth-order valence-corrected chi connectivity index (χ4v) is 6.07. The Morgan fingerprint density at radius 2 is 2.07 bits per heavy atom. The lowest BCUT2D eigenvalue weighted by molar-refractivity contribution is 0.442. The van der Waals surface area contributed by atoms with Gasteiger partial charge in [-0.25, -0.2) is 18.1 Å². The van der Waals surface area contributed by atoms with Crippen molar-refractivity contribution in [3.05, 3.63) is 35.8 Å². The molecule has 1 aliphatic carbocycles. The molecule has 0 radical (unpaired) electrons. The molecule has 0 bridgehead atoms. The Labute approximate surface area is 173 Å². The number of nitrogens with zero attached hydrogens (tertiary/aromatic N) is 3. The first-order valence-electron chi connectivity index (χ1n) is 9.70. The van der Waals surface area contributed by atoms with E-state index in [-0.39, 0.29) is 10.9 Å². The van der Waals surface area contributed by atoms with E-state index in [9.17, 15) is 8.42 Å². The molecule has 1 aromatic carbocycles. The third kappa shape index (κ3) is 4.49. The minimum Gasteiger partial charge on any atom is -0.411 e. The molecule has 2 aromatic heterocycles. The Kier molecular flexibility index (Phi) is 5.93. The van der Waals surface area contributed by atoms with Gasteiger partial charge in [0.1, 0.15) is 0 Å². The van der Waals surface area contributed by atoms with Gasteiger partial charge in [-0.15, -0.1) is 16.4 Å². The highest BCUT2D eigenvalue weighted by Crippen LogP contribution is 2.39. The summed E-state index contributed by atoms with van der Waals surface area (Å²) in [6, 6.07) is 5.37. The van der Waals surface area contributed by atoms with Crippen LogP contribution < -0.4 is 10.0 Å². The average Bonchev–Trinajstić information content (AvgIpc) is 3.41. The first-order valence-corrected chi connectivity index (χ1v) is 12.0. The SMILES string of the molecule is CCNS(=O)(=O)c1cc(Nc2nnco2)ccc1-c1cnc(C2CCCCC2)s1. The van der Waals surface area contributed by atoms with Crippen LogP contribution in [0.25, 0.3) is 10.4 Å². The van der Waals surface area contributed by atoms with Crippen molar-refractivity contribution in [3.63, 3.8) is 0 Å². The molecule has 3 aromatic rings. The van der Waals surface area contributed by atoms with E-state index >= 15 is 0 Å². The van der Waals surface area contributed by atoms with E-state index in [1.165, 1.54) is 25.7 Å². The topological polar surface area (TPSA) is 110 Å². The summed E-state index contributed by atoms with van der Waals surface area (Å²) in [4.78, 5) is 5.67. The van der Waals surface area contributed by atoms with Crippen LogP contribution in [0.15, 0.2) is 40.1 Å². The first-order chi connectivity index (χ1) is 14.1. The van der Waals surface area contributed by atoms with E-state index in [1.807, 2.05) is 0 Å². The van der Waals surface area contributed by atoms with E-state index in [0.717, 1.165) is 22.7 Å². The van der Waals surface area contributed by atoms with Gasteiger partial charge in [0.25, 0.3) is 0 Å². The average molecular weight is 434 g/mol. The summed E-state index contributed by atoms with van der Waals surface area (Å²) in [6.07, 6.45) is 9.06. The summed E-state index contributed by atoms with van der Waals surface area (Å²) in [5, 5.41) is 11.4. The molecule has 154 valence electrons. The number of rotatable bonds is 7. The van der Waals surface area contributed by atoms with Crippen molar-refractivity contribution in [2.75, 3.05) is 11.9 Å². The predicted molar refractivity (Wildman–Crippen MR) is 112 cm³/mol. The molecule has 1 aliphatic rings. The zero-order valence-corrected chi connectivity index (χ0v) is 17.7. The summed E-state index contributed by atoms with van der Waals surface area (Å²) in [7, 11) is -3.68. The second-order valence-corrected chi connectivity index (χ2v) is 9.78. The lowest BCUT2D eigenvalue weighted by atomic mass is 9.90. The molecule has 10 heteroatoms. The predicted octanol–water partition coefficient (Wildman–Crippen LogP) is 4.28. The Balaban J connectivity index is 1.71. The van der Waals surface area contributed by atoms with Gasteiger partial charge in [-0.05, 0) is 25.0 Å². The van der Waals surface area contributed by atoms with Gasteiger partial charge in [0.2, 0.25) is 16.4 Å². The van der Waals surface area contributed by atoms with E-state index in [1.54, 1.807) is 42.7 Å². The van der Waals surface area contributed by atoms with Crippen LogP contribution >= 0.6 is 11.3 Å². The summed E-state index contributed by atoms with van der Waals surface area (Å²) in [5.74, 6) is 0.481. The number of anilines is 2. The molecule has 0 amide bonds. The molecule has 29 heavy (non-hydrogen) atoms. The molecule has 4 rings (SSSR count). The highest BCUT2D eigenvalue weighted by molar-refractivity contribution is 7.89. The van der Waals surface area contributed by atoms with E-state index in [4.69, 9.17) is 4.42 Å². The Hall–Kier alpha value is -2.30. The molecule has 8 nitrogen and oxygen atoms in total. The number of hydrogen-bond donors (Lipinski definition) is 2. The zero-order valence-electron chi connectivity index (χ0n) is 16.1. The maximum atomic E-state index is 12.9. The molecule has 0 saturated heterocycles. The lowest BCUT2D eigenvalue weighted by Gasteiger charge is -2.18. The maximum absolute atomic E-state index is 12.9. The molecule has 1 saturated carbocycles. The Bertz CT molecular complexity index is 1060. The summed E-state index contributed by atoms with van der Waals surface area (Å²) in [5.41, 5.74) is 1.19. The third-order valence-electron chi connectivity index (χ3n) is 4.96. The van der Waals surface area contributed by atoms with Gasteiger partial charge < -0.3 is 9.73 Å². The minimum atomic E-state index is -3.68. The molecule has 2 heterocycles. The van der Waals surface area contributed by atoms with Crippen molar-refractivity contribution >= 4 is 33.1 Å². The standard InChI is InChI=1S/C19H23N5O3S2/c1-2-22-29(25,26)17-10-14(23-19-24-21-12-27-19)8-9-15(17)16-11-20-18(28-16)13-6-4-3-5-7-13/h8-13,22H,2-7H2,1H3,(H,23,24). The van der Waals surface area contributed by atoms with Gasteiger partial charge in [-0.3, -0.25) is 0 Å². The number of nitrogens with one attached hydrogen (secondary N) is 2. The van der Waals surface area contributed by atoms with Gasteiger partial charge in [-0.1, -0.05) is 37.4 Å². The van der Waals surface area contributed by atoms with Crippen LogP contribution in [0.2, 0.25) is 0 Å². The number of aromatic nitrogens is 3. The number of benzene rings is 1. The van der Waals surface area contributed by atoms with Crippen LogP contribution in [0.5, 0.6) is 0 Å². The van der Waals surface area contributed by atoms with Crippen molar-refractivity contribution in [2.24, 2.45) is 0 Å². The molecule has 0 aliphatic heterocycles. The van der Waals surface area contributed by atoms with Gasteiger partial charge in [-0.2, -0.15) is 0 Å². The monoisotopic (exact) mass is 433 g/mol. The summed E-state index contributed by atoms with van der Waals surface area (Å²) in [6.45, 7) is 2.06.